The Morgan fingerprint density at radius 2 is 1.85 bits per heavy atom. The Labute approximate surface area is 283 Å². The van der Waals surface area contributed by atoms with Gasteiger partial charge in [-0.2, -0.15) is 8.78 Å². The molecule has 1 saturated heterocycles. The van der Waals surface area contributed by atoms with Crippen LogP contribution in [0.2, 0.25) is 10.0 Å². The number of thiazole rings is 1. The van der Waals surface area contributed by atoms with Crippen LogP contribution < -0.4 is 20.7 Å². The van der Waals surface area contributed by atoms with Crippen molar-refractivity contribution >= 4 is 62.2 Å². The molecule has 1 aliphatic heterocycles. The van der Waals surface area contributed by atoms with E-state index >= 15 is 0 Å². The van der Waals surface area contributed by atoms with Crippen LogP contribution in [0.1, 0.15) is 29.0 Å². The Morgan fingerprint density at radius 3 is 2.60 bits per heavy atom. The summed E-state index contributed by atoms with van der Waals surface area (Å²) >= 11 is 15.5. The second kappa shape index (κ2) is 14.4. The molecule has 6 rings (SSSR count). The van der Waals surface area contributed by atoms with Gasteiger partial charge in [-0.05, 0) is 37.1 Å². The number of halogens is 4. The monoisotopic (exact) mass is 698 g/mol. The first-order valence-electron chi connectivity index (χ1n) is 14.8. The van der Waals surface area contributed by atoms with Gasteiger partial charge in [-0.15, -0.1) is 11.3 Å². The number of carbonyl (C=O) groups excluding carboxylic acids is 1. The number of benzene rings is 2. The van der Waals surface area contributed by atoms with Gasteiger partial charge >= 0.3 is 6.61 Å². The Bertz CT molecular complexity index is 1940. The number of fused-ring (bicyclic) bond motifs is 1. The third-order valence-corrected chi connectivity index (χ3v) is 9.53. The Kier molecular flexibility index (Phi) is 10.1. The van der Waals surface area contributed by atoms with E-state index in [-0.39, 0.29) is 24.4 Å². The third kappa shape index (κ3) is 7.31. The molecule has 0 bridgehead atoms. The number of nitrogens with zero attached hydrogens (tertiary/aromatic N) is 3. The fraction of sp³-hybridized carbons (Fsp3) is 0.273. The van der Waals surface area contributed by atoms with Gasteiger partial charge in [0.05, 0.1) is 32.7 Å². The van der Waals surface area contributed by atoms with Gasteiger partial charge in [0.2, 0.25) is 11.8 Å². The van der Waals surface area contributed by atoms with E-state index in [2.05, 4.69) is 30.9 Å². The molecular weight excluding hydrogens is 669 g/mol. The second-order valence-electron chi connectivity index (χ2n) is 10.9. The zero-order valence-electron chi connectivity index (χ0n) is 25.4. The minimum atomic E-state index is -3.07. The smallest absolute Gasteiger partial charge is 0.388 e. The maximum atomic E-state index is 13.5. The number of carbonyl (C=O) groups is 1. The largest absolute Gasteiger partial charge is 0.417 e. The number of rotatable bonds is 12. The van der Waals surface area contributed by atoms with Crippen LogP contribution in [-0.4, -0.2) is 47.2 Å². The van der Waals surface area contributed by atoms with Crippen molar-refractivity contribution < 1.29 is 23.0 Å². The van der Waals surface area contributed by atoms with E-state index in [1.54, 1.807) is 38.4 Å². The zero-order valence-corrected chi connectivity index (χ0v) is 27.7. The van der Waals surface area contributed by atoms with Gasteiger partial charge in [0, 0.05) is 61.1 Å². The van der Waals surface area contributed by atoms with E-state index in [4.69, 9.17) is 32.7 Å². The topological polar surface area (TPSA) is 110 Å². The minimum Gasteiger partial charge on any atom is -0.417 e. The average molecular weight is 700 g/mol. The molecule has 0 radical (unpaired) electrons. The number of aromatic nitrogens is 3. The fourth-order valence-electron chi connectivity index (χ4n) is 5.49. The molecule has 47 heavy (non-hydrogen) atoms. The summed E-state index contributed by atoms with van der Waals surface area (Å²) in [6, 6.07) is 14.6. The Balaban J connectivity index is 1.30. The lowest BCUT2D eigenvalue weighted by Gasteiger charge is -2.18. The van der Waals surface area contributed by atoms with E-state index in [0.29, 0.717) is 80.2 Å². The van der Waals surface area contributed by atoms with Gasteiger partial charge in [-0.25, -0.2) is 15.0 Å². The standard InChI is InChI=1S/C33H30Cl2F2N6O3S/c1-17-13-24(42-32(46-33(36)37)22(17)15-38-14-18-9-10-26(44)40-18)21-7-3-5-19(28(21)34)20-6-4-8-23(29(20)35)41-31-30-25(11-12-39-31)47-27(43-30)16-45-2/h3-8,11-13,18,33,38H,9-10,14-16H2,1-2H3,(H,39,41)(H,40,44). The molecule has 0 saturated carbocycles. The molecule has 5 aromatic rings. The number of ether oxygens (including phenoxy) is 2. The van der Waals surface area contributed by atoms with Crippen LogP contribution in [-0.2, 0) is 22.7 Å². The molecule has 4 heterocycles. The number of anilines is 2. The van der Waals surface area contributed by atoms with Crippen molar-refractivity contribution in [2.24, 2.45) is 0 Å². The number of nitrogens with one attached hydrogen (secondary N) is 3. The highest BCUT2D eigenvalue weighted by atomic mass is 35.5. The molecule has 3 aromatic heterocycles. The summed E-state index contributed by atoms with van der Waals surface area (Å²) in [5.74, 6) is 0.362. The molecule has 9 nitrogen and oxygen atoms in total. The summed E-state index contributed by atoms with van der Waals surface area (Å²) in [6.07, 6.45) is 2.90. The van der Waals surface area contributed by atoms with E-state index in [1.807, 2.05) is 30.3 Å². The summed E-state index contributed by atoms with van der Waals surface area (Å²) < 4.78 is 38.1. The molecule has 1 atom stereocenters. The molecule has 0 aliphatic carbocycles. The number of hydrogen-bond donors (Lipinski definition) is 3. The molecule has 3 N–H and O–H groups in total. The van der Waals surface area contributed by atoms with Gasteiger partial charge < -0.3 is 25.4 Å². The number of amides is 1. The summed E-state index contributed by atoms with van der Waals surface area (Å²) in [7, 11) is 1.62. The van der Waals surface area contributed by atoms with Gasteiger partial charge in [0.25, 0.3) is 0 Å². The highest BCUT2D eigenvalue weighted by Gasteiger charge is 2.23. The van der Waals surface area contributed by atoms with Crippen LogP contribution in [0.3, 0.4) is 0 Å². The van der Waals surface area contributed by atoms with E-state index < -0.39 is 6.61 Å². The second-order valence-corrected chi connectivity index (χ2v) is 12.8. The zero-order chi connectivity index (χ0) is 33.1. The van der Waals surface area contributed by atoms with Crippen LogP contribution in [0.5, 0.6) is 5.88 Å². The van der Waals surface area contributed by atoms with E-state index in [9.17, 15) is 13.6 Å². The molecule has 1 fully saturated rings. The van der Waals surface area contributed by atoms with Gasteiger partial charge in [-0.3, -0.25) is 4.79 Å². The molecule has 1 unspecified atom stereocenters. The van der Waals surface area contributed by atoms with Crippen LogP contribution in [0.25, 0.3) is 32.6 Å². The van der Waals surface area contributed by atoms with Crippen molar-refractivity contribution in [3.05, 3.63) is 80.9 Å². The van der Waals surface area contributed by atoms with Gasteiger partial charge in [-0.1, -0.05) is 53.5 Å². The van der Waals surface area contributed by atoms with Crippen molar-refractivity contribution in [1.29, 1.82) is 0 Å². The molecule has 1 amide bonds. The quantitative estimate of drug-likeness (QED) is 0.121. The number of alkyl halides is 2. The number of pyridine rings is 2. The molecule has 0 spiro atoms. The van der Waals surface area contributed by atoms with Crippen LogP contribution >= 0.6 is 34.5 Å². The van der Waals surface area contributed by atoms with Crippen LogP contribution in [0, 0.1) is 6.92 Å². The SMILES string of the molecule is COCc1nc2c(Nc3cccc(-c4cccc(-c5cc(C)c(CNCC6CCC(=O)N6)c(OC(F)F)n5)c4Cl)c3Cl)nccc2s1. The van der Waals surface area contributed by atoms with Gasteiger partial charge in [0.1, 0.15) is 10.5 Å². The summed E-state index contributed by atoms with van der Waals surface area (Å²) in [6.45, 7) is -0.149. The number of hydrogen-bond acceptors (Lipinski definition) is 9. The van der Waals surface area contributed by atoms with Gasteiger partial charge in [0.15, 0.2) is 5.82 Å². The highest BCUT2D eigenvalue weighted by Crippen LogP contribution is 2.42. The lowest BCUT2D eigenvalue weighted by Crippen LogP contribution is -2.35. The molecule has 244 valence electrons. The van der Waals surface area contributed by atoms with Crippen molar-refractivity contribution in [1.82, 2.24) is 25.6 Å². The first-order valence-corrected chi connectivity index (χ1v) is 16.3. The van der Waals surface area contributed by atoms with Crippen molar-refractivity contribution in [2.75, 3.05) is 19.0 Å². The minimum absolute atomic E-state index is 0.00575. The third-order valence-electron chi connectivity index (χ3n) is 7.72. The lowest BCUT2D eigenvalue weighted by molar-refractivity contribution is -0.119. The Hall–Kier alpha value is -3.94. The lowest BCUT2D eigenvalue weighted by atomic mass is 9.99. The first-order chi connectivity index (χ1) is 22.7. The van der Waals surface area contributed by atoms with Crippen molar-refractivity contribution in [2.45, 2.75) is 45.6 Å². The normalized spacial score (nSPS) is 14.6. The van der Waals surface area contributed by atoms with Crippen molar-refractivity contribution in [3.8, 4) is 28.3 Å². The van der Waals surface area contributed by atoms with E-state index in [0.717, 1.165) is 16.1 Å². The predicted octanol–water partition coefficient (Wildman–Crippen LogP) is 7.90. The van der Waals surface area contributed by atoms with E-state index in [1.165, 1.54) is 11.3 Å². The summed E-state index contributed by atoms with van der Waals surface area (Å²) in [5, 5.41) is 11.0. The number of aryl methyl sites for hydroxylation is 1. The maximum Gasteiger partial charge on any atom is 0.388 e. The first kappa shape index (κ1) is 33.0. The Morgan fingerprint density at radius 1 is 1.09 bits per heavy atom. The summed E-state index contributed by atoms with van der Waals surface area (Å²) in [4.78, 5) is 25.2. The van der Waals surface area contributed by atoms with Crippen LogP contribution in [0.4, 0.5) is 20.3 Å². The molecule has 2 aromatic carbocycles. The maximum absolute atomic E-state index is 13.5. The molecule has 14 heteroatoms. The average Bonchev–Trinajstić information content (AvgIpc) is 3.65. The predicted molar refractivity (Wildman–Crippen MR) is 181 cm³/mol. The fourth-order valence-corrected chi connectivity index (χ4v) is 7.02. The molecule has 1 aliphatic rings. The van der Waals surface area contributed by atoms with Crippen molar-refractivity contribution in [3.63, 3.8) is 0 Å². The number of methoxy groups -OCH3 is 1. The molecular formula is C33H30Cl2F2N6O3S. The summed E-state index contributed by atoms with van der Waals surface area (Å²) in [5.41, 5.74) is 4.65. The van der Waals surface area contributed by atoms with Crippen LogP contribution in [0.15, 0.2) is 54.7 Å². The highest BCUT2D eigenvalue weighted by molar-refractivity contribution is 7.18.